The lowest BCUT2D eigenvalue weighted by Gasteiger charge is -2.15. The van der Waals surface area contributed by atoms with Crippen molar-refractivity contribution < 1.29 is 9.90 Å². The van der Waals surface area contributed by atoms with Crippen LogP contribution < -0.4 is 0 Å². The largest absolute Gasteiger partial charge is 0.507 e. The van der Waals surface area contributed by atoms with Crippen LogP contribution in [0.4, 0.5) is 0 Å². The van der Waals surface area contributed by atoms with Crippen LogP contribution in [-0.4, -0.2) is 23.6 Å². The topological polar surface area (TPSA) is 49.7 Å². The van der Waals surface area contributed by atoms with Crippen LogP contribution in [0.15, 0.2) is 35.8 Å². The van der Waals surface area contributed by atoms with E-state index in [4.69, 9.17) is 0 Å². The van der Waals surface area contributed by atoms with E-state index < -0.39 is 0 Å². The second-order valence-corrected chi connectivity index (χ2v) is 6.09. The number of ketones is 1. The summed E-state index contributed by atoms with van der Waals surface area (Å²) in [6.45, 7) is 9.89. The smallest absolute Gasteiger partial charge is 0.154 e. The first-order valence-corrected chi connectivity index (χ1v) is 6.77. The van der Waals surface area contributed by atoms with E-state index in [1.54, 1.807) is 18.4 Å². The lowest BCUT2D eigenvalue weighted by Crippen LogP contribution is -2.14. The Bertz CT molecular complexity index is 510. The van der Waals surface area contributed by atoms with Gasteiger partial charge in [-0.3, -0.25) is 9.79 Å². The molecular formula is C17H23NO2. The van der Waals surface area contributed by atoms with Crippen LogP contribution in [0.25, 0.3) is 0 Å². The number of nitrogens with zero attached hydrogens (tertiary/aromatic N) is 1. The molecule has 3 nitrogen and oxygen atoms in total. The molecule has 1 N–H and O–H groups in total. The molecule has 0 spiro atoms. The molecule has 0 amide bonds. The number of aromatic hydroxyl groups is 1. The van der Waals surface area contributed by atoms with Gasteiger partial charge in [0.1, 0.15) is 5.75 Å². The van der Waals surface area contributed by atoms with E-state index in [0.29, 0.717) is 18.4 Å². The van der Waals surface area contributed by atoms with Crippen LogP contribution in [0.2, 0.25) is 0 Å². The molecule has 0 radical (unpaired) electrons. The highest BCUT2D eigenvalue weighted by Gasteiger charge is 2.15. The number of aliphatic imine (C=N–C) groups is 1. The monoisotopic (exact) mass is 273 g/mol. The average molecular weight is 273 g/mol. The summed E-state index contributed by atoms with van der Waals surface area (Å²) in [7, 11) is 0. The van der Waals surface area contributed by atoms with Gasteiger partial charge in [-0.1, -0.05) is 39.0 Å². The molecule has 3 heteroatoms. The zero-order chi connectivity index (χ0) is 15.2. The van der Waals surface area contributed by atoms with E-state index >= 15 is 0 Å². The minimum atomic E-state index is -0.0153. The van der Waals surface area contributed by atoms with Crippen molar-refractivity contribution in [2.24, 2.45) is 10.4 Å². The number of rotatable bonds is 6. The molecule has 20 heavy (non-hydrogen) atoms. The third-order valence-corrected chi connectivity index (χ3v) is 2.74. The molecule has 0 atom stereocenters. The molecule has 0 saturated heterocycles. The van der Waals surface area contributed by atoms with Crippen LogP contribution in [0.3, 0.4) is 0 Å². The van der Waals surface area contributed by atoms with Gasteiger partial charge in [0, 0.05) is 18.2 Å². The third kappa shape index (κ3) is 5.39. The maximum absolute atomic E-state index is 11.7. The first kappa shape index (κ1) is 16.2. The molecule has 0 heterocycles. The number of hydrogen-bond acceptors (Lipinski definition) is 3. The number of phenolic OH excluding ortho intramolecular Hbond substituents is 1. The predicted molar refractivity (Wildman–Crippen MR) is 83.5 cm³/mol. The minimum absolute atomic E-state index is 0.0153. The Hall–Kier alpha value is -1.90. The number of hydrogen-bond donors (Lipinski definition) is 1. The lowest BCUT2D eigenvalue weighted by molar-refractivity contribution is -0.119. The van der Waals surface area contributed by atoms with Crippen molar-refractivity contribution in [2.45, 2.75) is 33.6 Å². The van der Waals surface area contributed by atoms with Gasteiger partial charge in [-0.25, -0.2) is 0 Å². The highest BCUT2D eigenvalue weighted by Crippen LogP contribution is 2.22. The van der Waals surface area contributed by atoms with Gasteiger partial charge in [0.05, 0.1) is 6.54 Å². The molecule has 0 fully saturated rings. The zero-order valence-corrected chi connectivity index (χ0v) is 12.5. The summed E-state index contributed by atoms with van der Waals surface area (Å²) in [6.07, 6.45) is 4.41. The van der Waals surface area contributed by atoms with Gasteiger partial charge in [-0.15, -0.1) is 6.58 Å². The normalized spacial score (nSPS) is 11.8. The van der Waals surface area contributed by atoms with E-state index in [1.807, 2.05) is 32.9 Å². The maximum Gasteiger partial charge on any atom is 0.154 e. The maximum atomic E-state index is 11.7. The van der Waals surface area contributed by atoms with Gasteiger partial charge in [0.25, 0.3) is 0 Å². The molecule has 1 aromatic rings. The number of para-hydroxylation sites is 1. The first-order valence-electron chi connectivity index (χ1n) is 6.77. The van der Waals surface area contributed by atoms with E-state index in [9.17, 15) is 9.90 Å². The summed E-state index contributed by atoms with van der Waals surface area (Å²) in [5.41, 5.74) is 1.43. The van der Waals surface area contributed by atoms with Gasteiger partial charge in [0.2, 0.25) is 0 Å². The fraction of sp³-hybridized carbons (Fsp3) is 0.412. The molecule has 0 aliphatic carbocycles. The lowest BCUT2D eigenvalue weighted by atomic mass is 9.90. The molecule has 0 aliphatic heterocycles. The van der Waals surface area contributed by atoms with Crippen LogP contribution in [-0.2, 0) is 11.2 Å². The molecule has 0 aliphatic rings. The summed E-state index contributed by atoms with van der Waals surface area (Å²) < 4.78 is 0. The van der Waals surface area contributed by atoms with E-state index in [-0.39, 0.29) is 23.5 Å². The van der Waals surface area contributed by atoms with E-state index in [2.05, 4.69) is 11.6 Å². The Balaban J connectivity index is 2.69. The van der Waals surface area contributed by atoms with Crippen LogP contribution >= 0.6 is 0 Å². The zero-order valence-electron chi connectivity index (χ0n) is 12.5. The van der Waals surface area contributed by atoms with Gasteiger partial charge >= 0.3 is 0 Å². The van der Waals surface area contributed by atoms with Crippen molar-refractivity contribution in [3.05, 3.63) is 42.0 Å². The summed E-state index contributed by atoms with van der Waals surface area (Å²) in [5, 5.41) is 10.0. The highest BCUT2D eigenvalue weighted by atomic mass is 16.3. The predicted octanol–water partition coefficient (Wildman–Crippen LogP) is 3.54. The van der Waals surface area contributed by atoms with Crippen LogP contribution in [0.1, 0.15) is 38.3 Å². The van der Waals surface area contributed by atoms with Crippen molar-refractivity contribution in [2.75, 3.05) is 6.54 Å². The fourth-order valence-electron chi connectivity index (χ4n) is 1.93. The van der Waals surface area contributed by atoms with Gasteiger partial charge < -0.3 is 5.11 Å². The highest BCUT2D eigenvalue weighted by molar-refractivity contribution is 5.87. The standard InChI is InChI=1S/C17H23NO2/c1-5-7-13-8-6-9-14(16(13)20)11-18-12-15(19)10-17(2,3)4/h5-6,8-9,11,20H,1,7,10,12H2,2-4H3. The third-order valence-electron chi connectivity index (χ3n) is 2.74. The number of benzene rings is 1. The van der Waals surface area contributed by atoms with Crippen LogP contribution in [0.5, 0.6) is 5.75 Å². The van der Waals surface area contributed by atoms with Gasteiger partial charge in [-0.2, -0.15) is 0 Å². The molecule has 0 aromatic heterocycles. The first-order chi connectivity index (χ1) is 9.33. The van der Waals surface area contributed by atoms with E-state index in [0.717, 1.165) is 5.56 Å². The second kappa shape index (κ2) is 7.04. The fourth-order valence-corrected chi connectivity index (χ4v) is 1.93. The van der Waals surface area contributed by atoms with E-state index in [1.165, 1.54) is 0 Å². The Morgan fingerprint density at radius 3 is 2.70 bits per heavy atom. The molecule has 1 rings (SSSR count). The van der Waals surface area contributed by atoms with Crippen molar-refractivity contribution in [1.82, 2.24) is 0 Å². The number of carbonyl (C=O) groups excluding carboxylic acids is 1. The molecule has 0 saturated carbocycles. The summed E-state index contributed by atoms with van der Waals surface area (Å²) in [4.78, 5) is 15.8. The molecule has 108 valence electrons. The molecular weight excluding hydrogens is 250 g/mol. The Morgan fingerprint density at radius 2 is 2.10 bits per heavy atom. The second-order valence-electron chi connectivity index (χ2n) is 6.09. The van der Waals surface area contributed by atoms with Crippen LogP contribution in [0, 0.1) is 5.41 Å². The van der Waals surface area contributed by atoms with Crippen molar-refractivity contribution >= 4 is 12.0 Å². The Kier molecular flexibility index (Phi) is 5.68. The average Bonchev–Trinajstić information content (AvgIpc) is 2.32. The minimum Gasteiger partial charge on any atom is -0.507 e. The SMILES string of the molecule is C=CCc1cccc(C=NCC(=O)CC(C)(C)C)c1O. The van der Waals surface area contributed by atoms with Crippen molar-refractivity contribution in [3.8, 4) is 5.75 Å². The van der Waals surface area contributed by atoms with Crippen molar-refractivity contribution in [1.29, 1.82) is 0 Å². The summed E-state index contributed by atoms with van der Waals surface area (Å²) in [5.74, 6) is 0.315. The number of Topliss-reactive ketones (excluding diaryl/α,β-unsaturated/α-hetero) is 1. The number of carbonyl (C=O) groups is 1. The summed E-state index contributed by atoms with van der Waals surface area (Å²) >= 11 is 0. The molecule has 0 unspecified atom stereocenters. The van der Waals surface area contributed by atoms with Crippen molar-refractivity contribution in [3.63, 3.8) is 0 Å². The molecule has 0 bridgehead atoms. The van der Waals surface area contributed by atoms with Gasteiger partial charge in [-0.05, 0) is 23.5 Å². The Morgan fingerprint density at radius 1 is 1.40 bits per heavy atom. The quantitative estimate of drug-likeness (QED) is 0.636. The van der Waals surface area contributed by atoms with Gasteiger partial charge in [0.15, 0.2) is 5.78 Å². The number of allylic oxidation sites excluding steroid dienone is 1. The number of phenols is 1. The Labute approximate surface area is 121 Å². The molecule has 1 aromatic carbocycles. The summed E-state index contributed by atoms with van der Waals surface area (Å²) in [6, 6.07) is 5.48.